The van der Waals surface area contributed by atoms with Crippen LogP contribution in [-0.2, 0) is 12.8 Å². The Bertz CT molecular complexity index is 653. The van der Waals surface area contributed by atoms with Crippen molar-refractivity contribution in [2.24, 2.45) is 0 Å². The number of halogens is 1. The van der Waals surface area contributed by atoms with Crippen molar-refractivity contribution in [1.29, 1.82) is 0 Å². The van der Waals surface area contributed by atoms with Crippen molar-refractivity contribution in [3.63, 3.8) is 0 Å². The highest BCUT2D eigenvalue weighted by Crippen LogP contribution is 2.14. The summed E-state index contributed by atoms with van der Waals surface area (Å²) < 4.78 is 0. The molecule has 0 bridgehead atoms. The van der Waals surface area contributed by atoms with Gasteiger partial charge < -0.3 is 4.98 Å². The van der Waals surface area contributed by atoms with E-state index < -0.39 is 0 Å². The number of hydrogen-bond donors (Lipinski definition) is 1. The van der Waals surface area contributed by atoms with Crippen LogP contribution >= 0.6 is 11.6 Å². The molecule has 20 heavy (non-hydrogen) atoms. The molecule has 0 aliphatic carbocycles. The maximum atomic E-state index is 5.88. The highest BCUT2D eigenvalue weighted by Gasteiger charge is 2.01. The third-order valence-corrected chi connectivity index (χ3v) is 3.73. The molecule has 0 spiro atoms. The zero-order valence-corrected chi connectivity index (χ0v) is 12.0. The van der Waals surface area contributed by atoms with Gasteiger partial charge in [-0.2, -0.15) is 0 Å². The number of unbranched alkanes of at least 4 members (excludes halogenated alkanes) is 1. The second-order valence-electron chi connectivity index (χ2n) is 5.03. The summed E-state index contributed by atoms with van der Waals surface area (Å²) in [6.45, 7) is 0. The van der Waals surface area contributed by atoms with Gasteiger partial charge in [-0.1, -0.05) is 35.9 Å². The molecule has 0 amide bonds. The summed E-state index contributed by atoms with van der Waals surface area (Å²) in [6.07, 6.45) is 4.40. The molecule has 1 heterocycles. The van der Waals surface area contributed by atoms with Gasteiger partial charge in [-0.25, -0.2) is 4.98 Å². The zero-order chi connectivity index (χ0) is 13.8. The number of H-pyrrole nitrogens is 1. The van der Waals surface area contributed by atoms with Crippen molar-refractivity contribution >= 4 is 22.6 Å². The molecule has 0 fully saturated rings. The number of hydrogen-bond acceptors (Lipinski definition) is 1. The van der Waals surface area contributed by atoms with Crippen LogP contribution in [-0.4, -0.2) is 9.97 Å². The zero-order valence-electron chi connectivity index (χ0n) is 11.3. The number of nitrogens with one attached hydrogen (secondary N) is 1. The lowest BCUT2D eigenvalue weighted by atomic mass is 10.1. The van der Waals surface area contributed by atoms with Crippen LogP contribution in [0.3, 0.4) is 0 Å². The number of aromatic nitrogens is 2. The van der Waals surface area contributed by atoms with Gasteiger partial charge in [-0.3, -0.25) is 0 Å². The van der Waals surface area contributed by atoms with Crippen LogP contribution in [0.1, 0.15) is 24.2 Å². The minimum atomic E-state index is 0.802. The first-order valence-corrected chi connectivity index (χ1v) is 7.37. The lowest BCUT2D eigenvalue weighted by molar-refractivity contribution is 0.715. The fraction of sp³-hybridized carbons (Fsp3) is 0.235. The first-order valence-electron chi connectivity index (χ1n) is 6.99. The van der Waals surface area contributed by atoms with Crippen molar-refractivity contribution in [1.82, 2.24) is 9.97 Å². The lowest BCUT2D eigenvalue weighted by Crippen LogP contribution is -1.91. The molecule has 0 aliphatic rings. The second kappa shape index (κ2) is 6.10. The summed E-state index contributed by atoms with van der Waals surface area (Å²) in [6, 6.07) is 16.3. The maximum absolute atomic E-state index is 5.88. The van der Waals surface area contributed by atoms with Crippen LogP contribution in [0.4, 0.5) is 0 Å². The number of benzene rings is 2. The SMILES string of the molecule is Clc1ccc(CCCCc2nc3ccccc3[nH]2)cc1. The quantitative estimate of drug-likeness (QED) is 0.671. The average Bonchev–Trinajstić information content (AvgIpc) is 2.88. The van der Waals surface area contributed by atoms with Gasteiger partial charge >= 0.3 is 0 Å². The largest absolute Gasteiger partial charge is 0.342 e. The molecular formula is C17H17ClN2. The summed E-state index contributed by atoms with van der Waals surface area (Å²) >= 11 is 5.88. The number of aromatic amines is 1. The fourth-order valence-corrected chi connectivity index (χ4v) is 2.52. The third kappa shape index (κ3) is 3.20. The Balaban J connectivity index is 1.51. The van der Waals surface area contributed by atoms with Gasteiger partial charge in [0, 0.05) is 11.4 Å². The molecule has 2 aromatic carbocycles. The van der Waals surface area contributed by atoms with Gasteiger partial charge in [-0.15, -0.1) is 0 Å². The summed E-state index contributed by atoms with van der Waals surface area (Å²) in [5, 5.41) is 0.802. The van der Waals surface area contributed by atoms with Gasteiger partial charge in [0.05, 0.1) is 11.0 Å². The summed E-state index contributed by atoms with van der Waals surface area (Å²) in [4.78, 5) is 7.97. The van der Waals surface area contributed by atoms with E-state index in [1.54, 1.807) is 0 Å². The van der Waals surface area contributed by atoms with Crippen molar-refractivity contribution in [3.8, 4) is 0 Å². The number of imidazole rings is 1. The number of fused-ring (bicyclic) bond motifs is 1. The van der Waals surface area contributed by atoms with E-state index >= 15 is 0 Å². The van der Waals surface area contributed by atoms with Crippen LogP contribution in [0.15, 0.2) is 48.5 Å². The van der Waals surface area contributed by atoms with E-state index in [0.717, 1.165) is 41.1 Å². The van der Waals surface area contributed by atoms with Crippen LogP contribution in [0, 0.1) is 0 Å². The van der Waals surface area contributed by atoms with Gasteiger partial charge in [0.2, 0.25) is 0 Å². The smallest absolute Gasteiger partial charge is 0.107 e. The minimum Gasteiger partial charge on any atom is -0.342 e. The fourth-order valence-electron chi connectivity index (χ4n) is 2.40. The maximum Gasteiger partial charge on any atom is 0.107 e. The predicted molar refractivity (Wildman–Crippen MR) is 84.2 cm³/mol. The molecule has 3 rings (SSSR count). The minimum absolute atomic E-state index is 0.802. The van der Waals surface area contributed by atoms with Gasteiger partial charge in [0.15, 0.2) is 0 Å². The summed E-state index contributed by atoms with van der Waals surface area (Å²) in [5.41, 5.74) is 3.53. The van der Waals surface area contributed by atoms with Gasteiger partial charge in [-0.05, 0) is 49.1 Å². The number of para-hydroxylation sites is 2. The normalized spacial score (nSPS) is 11.1. The highest BCUT2D eigenvalue weighted by molar-refractivity contribution is 6.30. The van der Waals surface area contributed by atoms with E-state index in [1.807, 2.05) is 30.3 Å². The Morgan fingerprint density at radius 1 is 0.900 bits per heavy atom. The van der Waals surface area contributed by atoms with E-state index in [2.05, 4.69) is 28.2 Å². The highest BCUT2D eigenvalue weighted by atomic mass is 35.5. The van der Waals surface area contributed by atoms with Crippen molar-refractivity contribution in [3.05, 3.63) is 64.9 Å². The van der Waals surface area contributed by atoms with E-state index in [0.29, 0.717) is 0 Å². The van der Waals surface area contributed by atoms with Crippen LogP contribution < -0.4 is 0 Å². The molecule has 102 valence electrons. The molecule has 3 heteroatoms. The monoisotopic (exact) mass is 284 g/mol. The Kier molecular flexibility index (Phi) is 4.03. The van der Waals surface area contributed by atoms with E-state index in [4.69, 9.17) is 11.6 Å². The van der Waals surface area contributed by atoms with E-state index in [9.17, 15) is 0 Å². The summed E-state index contributed by atoms with van der Waals surface area (Å²) in [7, 11) is 0. The molecule has 0 radical (unpaired) electrons. The molecule has 0 saturated heterocycles. The lowest BCUT2D eigenvalue weighted by Gasteiger charge is -2.01. The average molecular weight is 285 g/mol. The van der Waals surface area contributed by atoms with Crippen LogP contribution in [0.2, 0.25) is 5.02 Å². The Morgan fingerprint density at radius 3 is 2.45 bits per heavy atom. The summed E-state index contributed by atoms with van der Waals surface area (Å²) in [5.74, 6) is 1.09. The van der Waals surface area contributed by atoms with E-state index in [-0.39, 0.29) is 0 Å². The number of aryl methyl sites for hydroxylation is 2. The topological polar surface area (TPSA) is 28.7 Å². The van der Waals surface area contributed by atoms with Crippen LogP contribution in [0.5, 0.6) is 0 Å². The Hall–Kier alpha value is -1.80. The molecule has 2 nitrogen and oxygen atoms in total. The van der Waals surface area contributed by atoms with Crippen LogP contribution in [0.25, 0.3) is 11.0 Å². The Morgan fingerprint density at radius 2 is 1.65 bits per heavy atom. The first kappa shape index (κ1) is 13.2. The molecule has 0 unspecified atom stereocenters. The molecule has 0 atom stereocenters. The van der Waals surface area contributed by atoms with Gasteiger partial charge in [0.25, 0.3) is 0 Å². The first-order chi connectivity index (χ1) is 9.81. The number of rotatable bonds is 5. The molecule has 1 aromatic heterocycles. The third-order valence-electron chi connectivity index (χ3n) is 3.48. The number of nitrogens with zero attached hydrogens (tertiary/aromatic N) is 1. The molecule has 1 N–H and O–H groups in total. The van der Waals surface area contributed by atoms with Gasteiger partial charge in [0.1, 0.15) is 5.82 Å². The molecule has 0 saturated carbocycles. The van der Waals surface area contributed by atoms with Crippen molar-refractivity contribution in [2.75, 3.05) is 0 Å². The van der Waals surface area contributed by atoms with E-state index in [1.165, 1.54) is 12.0 Å². The van der Waals surface area contributed by atoms with Crippen molar-refractivity contribution < 1.29 is 0 Å². The van der Waals surface area contributed by atoms with Crippen molar-refractivity contribution in [2.45, 2.75) is 25.7 Å². The Labute approximate surface area is 123 Å². The standard InChI is InChI=1S/C17H17ClN2/c18-14-11-9-13(10-12-14)5-1-4-8-17-19-15-6-2-3-7-16(15)20-17/h2-3,6-7,9-12H,1,4-5,8H2,(H,19,20). The molecule has 3 aromatic rings. The second-order valence-corrected chi connectivity index (χ2v) is 5.47. The predicted octanol–water partition coefficient (Wildman–Crippen LogP) is 4.78. The molecule has 0 aliphatic heterocycles. The molecular weight excluding hydrogens is 268 g/mol.